The molecule has 7 rings (SSSR count). The van der Waals surface area contributed by atoms with Crippen LogP contribution in [0.5, 0.6) is 0 Å². The third-order valence-electron chi connectivity index (χ3n) is 8.90. The highest BCUT2D eigenvalue weighted by Crippen LogP contribution is 2.37. The third kappa shape index (κ3) is 6.00. The van der Waals surface area contributed by atoms with E-state index in [0.717, 1.165) is 67.5 Å². The highest BCUT2D eigenvalue weighted by Gasteiger charge is 2.34. The normalized spacial score (nSPS) is 22.3. The van der Waals surface area contributed by atoms with E-state index in [-0.39, 0.29) is 24.1 Å². The quantitative estimate of drug-likeness (QED) is 0.184. The maximum atomic E-state index is 15.8. The van der Waals surface area contributed by atoms with Gasteiger partial charge in [-0.1, -0.05) is 25.7 Å². The summed E-state index contributed by atoms with van der Waals surface area (Å²) in [6.45, 7) is 13.7. The van der Waals surface area contributed by atoms with Crippen molar-refractivity contribution < 1.29 is 18.6 Å². The fourth-order valence-corrected chi connectivity index (χ4v) is 7.18. The van der Waals surface area contributed by atoms with Gasteiger partial charge in [0.1, 0.15) is 18.4 Å². The van der Waals surface area contributed by atoms with E-state index in [1.54, 1.807) is 21.6 Å². The fourth-order valence-electron chi connectivity index (χ4n) is 6.42. The Bertz CT molecular complexity index is 1620. The average Bonchev–Trinajstić information content (AvgIpc) is 3.72. The van der Waals surface area contributed by atoms with E-state index < -0.39 is 8.07 Å². The Morgan fingerprint density at radius 1 is 1.07 bits per heavy atom. The summed E-state index contributed by atoms with van der Waals surface area (Å²) >= 11 is 0. The van der Waals surface area contributed by atoms with Crippen molar-refractivity contribution >= 4 is 30.6 Å². The molecule has 0 spiro atoms. The molecule has 0 radical (unpaired) electrons. The second kappa shape index (κ2) is 11.9. The number of hydrogen-bond acceptors (Lipinski definition) is 8. The number of ether oxygens (including phenoxy) is 3. The molecule has 3 saturated heterocycles. The third-order valence-corrected chi connectivity index (χ3v) is 10.6. The summed E-state index contributed by atoms with van der Waals surface area (Å²) in [7, 11) is -1.16. The molecular weight excluding hydrogens is 577 g/mol. The summed E-state index contributed by atoms with van der Waals surface area (Å²) in [5, 5.41) is 10.3. The van der Waals surface area contributed by atoms with Crippen LogP contribution in [0.25, 0.3) is 28.0 Å². The van der Waals surface area contributed by atoms with E-state index in [1.807, 2.05) is 24.4 Å². The number of aromatic nitrogens is 5. The molecule has 3 aliphatic heterocycles. The van der Waals surface area contributed by atoms with E-state index in [0.29, 0.717) is 37.1 Å². The molecule has 1 aromatic carbocycles. The minimum absolute atomic E-state index is 0.154. The van der Waals surface area contributed by atoms with Crippen LogP contribution in [0.1, 0.15) is 19.8 Å². The first-order valence-electron chi connectivity index (χ1n) is 15.8. The molecule has 3 aromatic heterocycles. The largest absolute Gasteiger partial charge is 0.377 e. The van der Waals surface area contributed by atoms with Gasteiger partial charge in [-0.3, -0.25) is 0 Å². The maximum Gasteiger partial charge on any atom is 0.177 e. The van der Waals surface area contributed by atoms with Crippen molar-refractivity contribution in [1.82, 2.24) is 24.5 Å². The van der Waals surface area contributed by atoms with Gasteiger partial charge in [0, 0.05) is 52.0 Å². The van der Waals surface area contributed by atoms with Crippen LogP contribution in [0.3, 0.4) is 0 Å². The molecule has 2 unspecified atom stereocenters. The van der Waals surface area contributed by atoms with Crippen molar-refractivity contribution in [3.8, 4) is 16.9 Å². The molecule has 0 N–H and O–H groups in total. The van der Waals surface area contributed by atoms with Gasteiger partial charge in [0.15, 0.2) is 11.5 Å². The predicted octanol–water partition coefficient (Wildman–Crippen LogP) is 5.33. The number of nitrogens with zero attached hydrogens (tertiary/aromatic N) is 7. The second-order valence-electron chi connectivity index (χ2n) is 13.5. The molecule has 6 heterocycles. The van der Waals surface area contributed by atoms with Gasteiger partial charge in [0.05, 0.1) is 43.3 Å². The van der Waals surface area contributed by atoms with E-state index in [9.17, 15) is 0 Å². The molecule has 0 saturated carbocycles. The molecule has 3 atom stereocenters. The van der Waals surface area contributed by atoms with Gasteiger partial charge in [-0.05, 0) is 55.1 Å². The number of anilines is 2. The number of benzene rings is 1. The number of hydrogen-bond donors (Lipinski definition) is 0. The van der Waals surface area contributed by atoms with Gasteiger partial charge in [0.2, 0.25) is 0 Å². The smallest absolute Gasteiger partial charge is 0.177 e. The minimum Gasteiger partial charge on any atom is -0.377 e. The fraction of sp³-hybridized carbons (Fsp3) is 0.531. The Labute approximate surface area is 258 Å². The summed E-state index contributed by atoms with van der Waals surface area (Å²) in [5.41, 5.74) is 2.99. The zero-order valence-corrected chi connectivity index (χ0v) is 27.1. The van der Waals surface area contributed by atoms with Crippen LogP contribution in [-0.2, 0) is 20.9 Å². The Kier molecular flexibility index (Phi) is 7.94. The van der Waals surface area contributed by atoms with Crippen molar-refractivity contribution in [2.75, 3.05) is 49.3 Å². The molecule has 4 aromatic rings. The van der Waals surface area contributed by atoms with Crippen LogP contribution >= 0.6 is 0 Å². The summed E-state index contributed by atoms with van der Waals surface area (Å²) in [4.78, 5) is 9.49. The Balaban J connectivity index is 1.23. The van der Waals surface area contributed by atoms with Crippen molar-refractivity contribution in [2.24, 2.45) is 0 Å². The summed E-state index contributed by atoms with van der Waals surface area (Å²) in [5.74, 6) is 1.24. The van der Waals surface area contributed by atoms with Crippen molar-refractivity contribution in [2.45, 2.75) is 70.4 Å². The monoisotopic (exact) mass is 619 g/mol. The van der Waals surface area contributed by atoms with Crippen LogP contribution in [0, 0.1) is 5.82 Å². The number of fused-ring (bicyclic) bond motifs is 3. The lowest BCUT2D eigenvalue weighted by Gasteiger charge is -2.34. The lowest BCUT2D eigenvalue weighted by Crippen LogP contribution is -2.44. The van der Waals surface area contributed by atoms with Crippen LogP contribution in [0.4, 0.5) is 15.9 Å². The van der Waals surface area contributed by atoms with Crippen molar-refractivity contribution in [1.29, 1.82) is 0 Å². The van der Waals surface area contributed by atoms with Crippen LogP contribution in [0.2, 0.25) is 25.7 Å². The van der Waals surface area contributed by atoms with Crippen molar-refractivity contribution in [3.05, 3.63) is 48.5 Å². The van der Waals surface area contributed by atoms with E-state index in [2.05, 4.69) is 42.4 Å². The molecule has 0 aliphatic carbocycles. The SMILES string of the molecule is C[C@@H]1COCCN1c1cc(-c2ccc(N3CC4CCC(C3)O4)c(F)c2)c2cnn(-c3ccn(COCC[Si](C)(C)C)n3)c2n1. The Morgan fingerprint density at radius 2 is 1.89 bits per heavy atom. The molecule has 0 amide bonds. The summed E-state index contributed by atoms with van der Waals surface area (Å²) in [6, 6.07) is 10.8. The lowest BCUT2D eigenvalue weighted by atomic mass is 10.0. The van der Waals surface area contributed by atoms with Crippen molar-refractivity contribution in [3.63, 3.8) is 0 Å². The first kappa shape index (κ1) is 29.4. The molecule has 234 valence electrons. The molecule has 44 heavy (non-hydrogen) atoms. The molecule has 10 nitrogen and oxygen atoms in total. The zero-order valence-electron chi connectivity index (χ0n) is 26.1. The molecule has 3 fully saturated rings. The number of pyridine rings is 1. The molecule has 3 aliphatic rings. The van der Waals surface area contributed by atoms with E-state index in [4.69, 9.17) is 29.4 Å². The number of rotatable bonds is 9. The van der Waals surface area contributed by atoms with Crippen LogP contribution in [0.15, 0.2) is 42.7 Å². The predicted molar refractivity (Wildman–Crippen MR) is 172 cm³/mol. The maximum absolute atomic E-state index is 15.8. The summed E-state index contributed by atoms with van der Waals surface area (Å²) < 4.78 is 37.0. The lowest BCUT2D eigenvalue weighted by molar-refractivity contribution is 0.0303. The second-order valence-corrected chi connectivity index (χ2v) is 19.2. The Morgan fingerprint density at radius 3 is 2.64 bits per heavy atom. The summed E-state index contributed by atoms with van der Waals surface area (Å²) in [6.07, 6.45) is 6.18. The molecule has 12 heteroatoms. The van der Waals surface area contributed by atoms with Gasteiger partial charge < -0.3 is 24.0 Å². The average molecular weight is 620 g/mol. The Hall–Kier alpha value is -3.32. The highest BCUT2D eigenvalue weighted by molar-refractivity contribution is 6.76. The standard InChI is InChI=1S/C32H42FN7O3Si/c1-22-20-41-12-11-39(22)31-16-26(23-5-8-29(28(33)15-23)37-18-24-6-7-25(19-37)43-24)27-17-34-40(32(27)35-31)30-9-10-38(36-30)21-42-13-14-44(2,3)4/h5,8-10,15-17,22,24-25H,6-7,11-14,18-21H2,1-4H3/t22-,24?,25?/m1/s1. The van der Waals surface area contributed by atoms with Crippen LogP contribution in [-0.4, -0.2) is 90.3 Å². The number of halogens is 1. The first-order valence-corrected chi connectivity index (χ1v) is 19.5. The number of morpholine rings is 2. The van der Waals surface area contributed by atoms with Gasteiger partial charge in [0.25, 0.3) is 0 Å². The van der Waals surface area contributed by atoms with Gasteiger partial charge in [-0.25, -0.2) is 14.1 Å². The zero-order chi connectivity index (χ0) is 30.4. The van der Waals surface area contributed by atoms with Crippen LogP contribution < -0.4 is 9.80 Å². The van der Waals surface area contributed by atoms with Gasteiger partial charge in [-0.2, -0.15) is 14.9 Å². The van der Waals surface area contributed by atoms with Gasteiger partial charge >= 0.3 is 0 Å². The van der Waals surface area contributed by atoms with E-state index in [1.165, 1.54) is 0 Å². The highest BCUT2D eigenvalue weighted by atomic mass is 28.3. The first-order chi connectivity index (χ1) is 21.2. The van der Waals surface area contributed by atoms with Gasteiger partial charge in [-0.15, -0.1) is 0 Å². The molecule has 2 bridgehead atoms. The minimum atomic E-state index is -1.16. The topological polar surface area (TPSA) is 82.7 Å². The van der Waals surface area contributed by atoms with E-state index >= 15 is 4.39 Å². The molecular formula is C32H42FN7O3Si.